The predicted molar refractivity (Wildman–Crippen MR) is 205 cm³/mol. The molecule has 9 atom stereocenters. The molecule has 0 bridgehead atoms. The first kappa shape index (κ1) is 45.3. The molecule has 1 fully saturated rings. The van der Waals surface area contributed by atoms with Gasteiger partial charge in [0.25, 0.3) is 0 Å². The molecular formula is C40H65N5O8. The molecule has 13 heteroatoms. The fourth-order valence-electron chi connectivity index (χ4n) is 7.35. The number of amides is 4. The fourth-order valence-corrected chi connectivity index (χ4v) is 7.35. The van der Waals surface area contributed by atoms with E-state index in [9.17, 15) is 29.1 Å². The van der Waals surface area contributed by atoms with Crippen LogP contribution in [-0.4, -0.2) is 122 Å². The number of methoxy groups -OCH3 is 2. The second kappa shape index (κ2) is 21.2. The van der Waals surface area contributed by atoms with Crippen molar-refractivity contribution in [3.05, 3.63) is 48.0 Å². The number of hydrogen-bond acceptors (Lipinski definition) is 8. The number of carboxylic acids is 1. The highest BCUT2D eigenvalue weighted by molar-refractivity contribution is 5.90. The fraction of sp³-hybridized carbons (Fsp3) is 0.675. The number of carbonyl (C=O) groups excluding carboxylic acids is 4. The number of hydrogen-bond donors (Lipinski definition) is 4. The van der Waals surface area contributed by atoms with Gasteiger partial charge in [0.2, 0.25) is 23.6 Å². The van der Waals surface area contributed by atoms with E-state index in [1.165, 1.54) is 14.2 Å². The van der Waals surface area contributed by atoms with Crippen molar-refractivity contribution in [3.63, 3.8) is 0 Å². The second-order valence-corrected chi connectivity index (χ2v) is 15.2. The molecule has 2 rings (SSSR count). The minimum atomic E-state index is -1.15. The smallest absolute Gasteiger partial charge is 0.326 e. The first-order chi connectivity index (χ1) is 24.9. The first-order valence-electron chi connectivity index (χ1n) is 18.8. The molecule has 0 aromatic heterocycles. The first-order valence-corrected chi connectivity index (χ1v) is 18.8. The number of nitrogens with one attached hydrogen (secondary N) is 3. The van der Waals surface area contributed by atoms with Crippen LogP contribution in [0.4, 0.5) is 0 Å². The van der Waals surface area contributed by atoms with Gasteiger partial charge >= 0.3 is 5.97 Å². The number of nitrogens with zero attached hydrogens (tertiary/aromatic N) is 2. The van der Waals surface area contributed by atoms with E-state index >= 15 is 0 Å². The topological polar surface area (TPSA) is 167 Å². The molecule has 1 heterocycles. The number of likely N-dealkylation sites (N-methyl/N-ethyl adjacent to an activating group) is 2. The van der Waals surface area contributed by atoms with Crippen molar-refractivity contribution in [2.24, 2.45) is 23.7 Å². The molecule has 1 aromatic carbocycles. The van der Waals surface area contributed by atoms with Gasteiger partial charge in [-0.15, -0.1) is 0 Å². The van der Waals surface area contributed by atoms with E-state index in [0.29, 0.717) is 12.8 Å². The highest BCUT2D eigenvalue weighted by atomic mass is 16.5. The van der Waals surface area contributed by atoms with Crippen LogP contribution in [0.3, 0.4) is 0 Å². The average Bonchev–Trinajstić information content (AvgIpc) is 3.50. The van der Waals surface area contributed by atoms with E-state index in [0.717, 1.165) is 11.1 Å². The molecule has 53 heavy (non-hydrogen) atoms. The largest absolute Gasteiger partial charge is 0.480 e. The van der Waals surface area contributed by atoms with Crippen molar-refractivity contribution >= 4 is 29.6 Å². The Hall–Kier alpha value is -3.81. The summed E-state index contributed by atoms with van der Waals surface area (Å²) in [7, 11) is 6.40. The Morgan fingerprint density at radius 3 is 2.04 bits per heavy atom. The quantitative estimate of drug-likeness (QED) is 0.138. The van der Waals surface area contributed by atoms with Gasteiger partial charge < -0.3 is 40.3 Å². The van der Waals surface area contributed by atoms with Gasteiger partial charge in [0, 0.05) is 34.2 Å². The normalized spacial score (nSPS) is 19.2. The standard InChI is InChI=1S/C40H65N5O8/c1-13-26(7)35(44(10)39(49)34(24(4)5)43-38(48)33(41-9)23(2)3)31(52-11)21-32(46)45-22-25(6)19-30(45)36(53-12)27(8)37(47)42-29(40(50)51)20-28-17-15-14-16-18-28/h14-18,23-24,26-27,29-31,33-36,41H,6,13,19-22H2,1-5,7-12H3,(H,42,47)(H,43,48)(H,50,51)/t26-,27+,29?,30?,31+,33?,34?,35-,36+/m0/s1. The van der Waals surface area contributed by atoms with Gasteiger partial charge in [-0.05, 0) is 36.8 Å². The SMILES string of the molecule is C=C1CC([C@H](OC)[C@@H](C)C(=O)NC(Cc2ccccc2)C(=O)O)N(C(=O)C[C@@H](OC)[C@H]([C@@H](C)CC)N(C)C(=O)C(NC(=O)C(NC)C(C)C)C(C)C)C1. The molecule has 0 saturated carbocycles. The van der Waals surface area contributed by atoms with Crippen molar-refractivity contribution in [2.45, 2.75) is 117 Å². The minimum absolute atomic E-state index is 0.0132. The summed E-state index contributed by atoms with van der Waals surface area (Å²) in [6.07, 6.45) is -0.297. The molecule has 4 unspecified atom stereocenters. The Morgan fingerprint density at radius 1 is 0.943 bits per heavy atom. The molecule has 0 aliphatic carbocycles. The van der Waals surface area contributed by atoms with E-state index < -0.39 is 60.2 Å². The lowest BCUT2D eigenvalue weighted by atomic mass is 9.89. The lowest BCUT2D eigenvalue weighted by Gasteiger charge is -2.41. The number of likely N-dealkylation sites (tertiary alicyclic amines) is 1. The summed E-state index contributed by atoms with van der Waals surface area (Å²) in [6, 6.07) is 5.60. The molecule has 4 N–H and O–H groups in total. The summed E-state index contributed by atoms with van der Waals surface area (Å²) in [4.78, 5) is 70.4. The van der Waals surface area contributed by atoms with Gasteiger partial charge in [0.05, 0.1) is 42.7 Å². The Balaban J connectivity index is 2.31. The molecule has 298 valence electrons. The van der Waals surface area contributed by atoms with Crippen molar-refractivity contribution in [2.75, 3.05) is 34.9 Å². The monoisotopic (exact) mass is 743 g/mol. The average molecular weight is 744 g/mol. The van der Waals surface area contributed by atoms with Gasteiger partial charge in [0.15, 0.2) is 0 Å². The zero-order valence-electron chi connectivity index (χ0n) is 33.7. The summed E-state index contributed by atoms with van der Waals surface area (Å²) >= 11 is 0. The van der Waals surface area contributed by atoms with E-state index in [4.69, 9.17) is 9.47 Å². The van der Waals surface area contributed by atoms with Crippen LogP contribution in [0.15, 0.2) is 42.5 Å². The van der Waals surface area contributed by atoms with E-state index in [-0.39, 0.29) is 54.9 Å². The maximum Gasteiger partial charge on any atom is 0.326 e. The zero-order chi connectivity index (χ0) is 40.2. The van der Waals surface area contributed by atoms with Gasteiger partial charge in [-0.2, -0.15) is 0 Å². The van der Waals surface area contributed by atoms with Crippen LogP contribution >= 0.6 is 0 Å². The van der Waals surface area contributed by atoms with E-state index in [2.05, 4.69) is 22.5 Å². The van der Waals surface area contributed by atoms with Crippen molar-refractivity contribution in [1.82, 2.24) is 25.8 Å². The van der Waals surface area contributed by atoms with E-state index in [1.807, 2.05) is 59.7 Å². The molecule has 1 saturated heterocycles. The maximum absolute atomic E-state index is 14.2. The Labute approximate surface area is 316 Å². The van der Waals surface area contributed by atoms with Crippen molar-refractivity contribution in [1.29, 1.82) is 0 Å². The molecular weight excluding hydrogens is 678 g/mol. The third kappa shape index (κ3) is 12.1. The number of ether oxygens (including phenoxy) is 2. The summed E-state index contributed by atoms with van der Waals surface area (Å²) in [6.45, 7) is 17.7. The minimum Gasteiger partial charge on any atom is -0.480 e. The van der Waals surface area contributed by atoms with Gasteiger partial charge in [0.1, 0.15) is 12.1 Å². The van der Waals surface area contributed by atoms with Crippen LogP contribution < -0.4 is 16.0 Å². The van der Waals surface area contributed by atoms with Crippen LogP contribution in [-0.2, 0) is 39.9 Å². The third-order valence-corrected chi connectivity index (χ3v) is 10.6. The second-order valence-electron chi connectivity index (χ2n) is 15.2. The van der Waals surface area contributed by atoms with Gasteiger partial charge in [-0.3, -0.25) is 19.2 Å². The molecule has 0 spiro atoms. The Morgan fingerprint density at radius 2 is 1.55 bits per heavy atom. The maximum atomic E-state index is 14.2. The lowest BCUT2D eigenvalue weighted by molar-refractivity contribution is -0.148. The molecule has 1 aliphatic heterocycles. The number of benzene rings is 1. The summed E-state index contributed by atoms with van der Waals surface area (Å²) in [5.74, 6) is -3.50. The van der Waals surface area contributed by atoms with Crippen molar-refractivity contribution in [3.8, 4) is 0 Å². The number of carboxylic acid groups (broad SMARTS) is 1. The van der Waals surface area contributed by atoms with Crippen LogP contribution in [0.5, 0.6) is 0 Å². The zero-order valence-corrected chi connectivity index (χ0v) is 33.7. The van der Waals surface area contributed by atoms with Crippen LogP contribution in [0.2, 0.25) is 0 Å². The van der Waals surface area contributed by atoms with Crippen LogP contribution in [0.25, 0.3) is 0 Å². The highest BCUT2D eigenvalue weighted by Crippen LogP contribution is 2.31. The number of carbonyl (C=O) groups is 5. The summed E-state index contributed by atoms with van der Waals surface area (Å²) < 4.78 is 11.8. The van der Waals surface area contributed by atoms with Crippen LogP contribution in [0, 0.1) is 23.7 Å². The Bertz CT molecular complexity index is 1390. The molecule has 1 aliphatic rings. The lowest BCUT2D eigenvalue weighted by Crippen LogP contribution is -2.59. The summed E-state index contributed by atoms with van der Waals surface area (Å²) in [5, 5.41) is 18.6. The third-order valence-electron chi connectivity index (χ3n) is 10.6. The number of rotatable bonds is 21. The molecule has 1 aromatic rings. The molecule has 4 amide bonds. The van der Waals surface area contributed by atoms with Gasteiger partial charge in [-0.1, -0.05) is 97.4 Å². The Kier molecular flexibility index (Phi) is 18.1. The predicted octanol–water partition coefficient (Wildman–Crippen LogP) is 3.27. The van der Waals surface area contributed by atoms with Crippen LogP contribution in [0.1, 0.15) is 73.3 Å². The van der Waals surface area contributed by atoms with E-state index in [1.54, 1.807) is 43.0 Å². The van der Waals surface area contributed by atoms with Gasteiger partial charge in [-0.25, -0.2) is 4.79 Å². The molecule has 13 nitrogen and oxygen atoms in total. The van der Waals surface area contributed by atoms with Crippen molar-refractivity contribution < 1.29 is 38.6 Å². The summed E-state index contributed by atoms with van der Waals surface area (Å²) in [5.41, 5.74) is 1.57. The highest BCUT2D eigenvalue weighted by Gasteiger charge is 2.44. The molecule has 0 radical (unpaired) electrons. The number of aliphatic carboxylic acids is 1.